The molecule has 1 amide bonds. The minimum absolute atomic E-state index is 0. The van der Waals surface area contributed by atoms with Crippen LogP contribution in [0.4, 0.5) is 0 Å². The summed E-state index contributed by atoms with van der Waals surface area (Å²) in [5.41, 5.74) is 0.338. The molecule has 0 spiro atoms. The number of nitrogens with one attached hydrogen (secondary N) is 2. The first kappa shape index (κ1) is 21.5. The summed E-state index contributed by atoms with van der Waals surface area (Å²) in [5, 5.41) is 6.67. The molecule has 0 atom stereocenters. The van der Waals surface area contributed by atoms with Crippen molar-refractivity contribution in [2.45, 2.75) is 45.4 Å². The molecule has 1 aliphatic carbocycles. The zero-order valence-electron chi connectivity index (χ0n) is 15.1. The number of hydrogen-bond acceptors (Lipinski definition) is 3. The maximum absolute atomic E-state index is 12.1. The highest BCUT2D eigenvalue weighted by Crippen LogP contribution is 2.43. The second kappa shape index (κ2) is 11.1. The SMILES string of the molecule is CCNC(=NCC(=O)N1CCCC1)NCC1(CCOC)CCC1.I. The van der Waals surface area contributed by atoms with E-state index in [1.165, 1.54) is 19.3 Å². The molecule has 2 rings (SSSR count). The number of methoxy groups -OCH3 is 1. The second-order valence-corrected chi connectivity index (χ2v) is 6.73. The highest BCUT2D eigenvalue weighted by molar-refractivity contribution is 14.0. The summed E-state index contributed by atoms with van der Waals surface area (Å²) in [6.07, 6.45) is 7.12. The maximum Gasteiger partial charge on any atom is 0.244 e. The van der Waals surface area contributed by atoms with Crippen molar-refractivity contribution in [3.05, 3.63) is 0 Å². The Hall–Kier alpha value is -0.570. The van der Waals surface area contributed by atoms with Crippen molar-refractivity contribution in [3.8, 4) is 0 Å². The predicted octanol–water partition coefficient (Wildman–Crippen LogP) is 1.99. The Balaban J connectivity index is 0.00000288. The number of ether oxygens (including phenoxy) is 1. The molecule has 0 radical (unpaired) electrons. The fourth-order valence-electron chi connectivity index (χ4n) is 3.34. The lowest BCUT2D eigenvalue weighted by Gasteiger charge is -2.42. The molecule has 2 fully saturated rings. The smallest absolute Gasteiger partial charge is 0.244 e. The van der Waals surface area contributed by atoms with E-state index >= 15 is 0 Å². The summed E-state index contributed by atoms with van der Waals surface area (Å²) in [6, 6.07) is 0. The number of aliphatic imine (C=N–C) groups is 1. The number of amides is 1. The van der Waals surface area contributed by atoms with Gasteiger partial charge in [0.1, 0.15) is 6.54 Å². The monoisotopic (exact) mass is 452 g/mol. The molecule has 0 aromatic heterocycles. The molecule has 1 heterocycles. The van der Waals surface area contributed by atoms with E-state index in [0.717, 1.165) is 58.0 Å². The lowest BCUT2D eigenvalue weighted by atomic mass is 9.67. The molecule has 7 heteroatoms. The number of guanidine groups is 1. The van der Waals surface area contributed by atoms with Gasteiger partial charge in [-0.2, -0.15) is 0 Å². The van der Waals surface area contributed by atoms with Crippen molar-refractivity contribution in [3.63, 3.8) is 0 Å². The Kier molecular flexibility index (Phi) is 9.95. The highest BCUT2D eigenvalue weighted by Gasteiger charge is 2.36. The number of carbonyl (C=O) groups is 1. The standard InChI is InChI=1S/C17H32N4O2.HI/c1-3-18-16(19-13-15(22)21-10-4-5-11-21)20-14-17(7-6-8-17)9-12-23-2;/h3-14H2,1-2H3,(H2,18,19,20);1H. The molecule has 0 aromatic rings. The van der Waals surface area contributed by atoms with Crippen molar-refractivity contribution < 1.29 is 9.53 Å². The van der Waals surface area contributed by atoms with E-state index < -0.39 is 0 Å². The molecule has 2 N–H and O–H groups in total. The van der Waals surface area contributed by atoms with Crippen LogP contribution in [0.3, 0.4) is 0 Å². The third kappa shape index (κ3) is 6.38. The van der Waals surface area contributed by atoms with Crippen LogP contribution >= 0.6 is 24.0 Å². The molecule has 6 nitrogen and oxygen atoms in total. The van der Waals surface area contributed by atoms with Gasteiger partial charge in [0.15, 0.2) is 5.96 Å². The van der Waals surface area contributed by atoms with Crippen LogP contribution in [-0.4, -0.2) is 63.2 Å². The number of nitrogens with zero attached hydrogens (tertiary/aromatic N) is 2. The normalized spacial score (nSPS) is 19.4. The molecular weight excluding hydrogens is 419 g/mol. The number of hydrogen-bond donors (Lipinski definition) is 2. The molecule has 1 saturated carbocycles. The lowest BCUT2D eigenvalue weighted by molar-refractivity contribution is -0.128. The molecule has 140 valence electrons. The Labute approximate surface area is 163 Å². The first-order valence-corrected chi connectivity index (χ1v) is 8.98. The van der Waals surface area contributed by atoms with Crippen LogP contribution in [0.5, 0.6) is 0 Å². The van der Waals surface area contributed by atoms with E-state index in [4.69, 9.17) is 4.74 Å². The van der Waals surface area contributed by atoms with Crippen molar-refractivity contribution >= 4 is 35.8 Å². The zero-order valence-corrected chi connectivity index (χ0v) is 17.4. The number of halogens is 1. The fraction of sp³-hybridized carbons (Fsp3) is 0.882. The van der Waals surface area contributed by atoms with Crippen LogP contribution in [0.25, 0.3) is 0 Å². The molecule has 24 heavy (non-hydrogen) atoms. The molecular formula is C17H33IN4O2. The van der Waals surface area contributed by atoms with Gasteiger partial charge in [-0.3, -0.25) is 4.79 Å². The summed E-state index contributed by atoms with van der Waals surface area (Å²) >= 11 is 0. The fourth-order valence-corrected chi connectivity index (χ4v) is 3.34. The summed E-state index contributed by atoms with van der Waals surface area (Å²) in [6.45, 7) is 6.57. The van der Waals surface area contributed by atoms with Crippen LogP contribution < -0.4 is 10.6 Å². The first-order valence-electron chi connectivity index (χ1n) is 8.98. The van der Waals surface area contributed by atoms with Gasteiger partial charge < -0.3 is 20.3 Å². The minimum atomic E-state index is 0. The summed E-state index contributed by atoms with van der Waals surface area (Å²) in [7, 11) is 1.76. The van der Waals surface area contributed by atoms with Crippen LogP contribution in [0.2, 0.25) is 0 Å². The molecule has 1 aliphatic heterocycles. The van der Waals surface area contributed by atoms with E-state index in [-0.39, 0.29) is 36.4 Å². The molecule has 0 bridgehead atoms. The second-order valence-electron chi connectivity index (χ2n) is 6.73. The van der Waals surface area contributed by atoms with Gasteiger partial charge in [0.2, 0.25) is 5.91 Å². The van der Waals surface area contributed by atoms with E-state index in [1.54, 1.807) is 7.11 Å². The minimum Gasteiger partial charge on any atom is -0.385 e. The Morgan fingerprint density at radius 3 is 2.46 bits per heavy atom. The number of rotatable bonds is 8. The van der Waals surface area contributed by atoms with Gasteiger partial charge in [0.25, 0.3) is 0 Å². The maximum atomic E-state index is 12.1. The van der Waals surface area contributed by atoms with E-state index in [9.17, 15) is 4.79 Å². The van der Waals surface area contributed by atoms with Crippen molar-refractivity contribution in [1.29, 1.82) is 0 Å². The van der Waals surface area contributed by atoms with Crippen molar-refractivity contribution in [2.75, 3.05) is 46.4 Å². The van der Waals surface area contributed by atoms with Gasteiger partial charge in [0.05, 0.1) is 0 Å². The zero-order chi connectivity index (χ0) is 16.5. The van der Waals surface area contributed by atoms with Gasteiger partial charge in [-0.25, -0.2) is 4.99 Å². The third-order valence-corrected chi connectivity index (χ3v) is 5.06. The van der Waals surface area contributed by atoms with E-state index in [0.29, 0.717) is 5.41 Å². The summed E-state index contributed by atoms with van der Waals surface area (Å²) in [4.78, 5) is 18.5. The molecule has 0 aromatic carbocycles. The predicted molar refractivity (Wildman–Crippen MR) is 108 cm³/mol. The first-order chi connectivity index (χ1) is 11.2. The topological polar surface area (TPSA) is 66.0 Å². The van der Waals surface area contributed by atoms with E-state index in [1.807, 2.05) is 11.8 Å². The molecule has 2 aliphatic rings. The van der Waals surface area contributed by atoms with Gasteiger partial charge in [0, 0.05) is 39.9 Å². The number of likely N-dealkylation sites (tertiary alicyclic amines) is 1. The average molecular weight is 452 g/mol. The Bertz CT molecular complexity index is 407. The Morgan fingerprint density at radius 1 is 1.21 bits per heavy atom. The molecule has 0 unspecified atom stereocenters. The van der Waals surface area contributed by atoms with Crippen LogP contribution in [0.1, 0.15) is 45.4 Å². The van der Waals surface area contributed by atoms with Gasteiger partial charge in [-0.1, -0.05) is 6.42 Å². The van der Waals surface area contributed by atoms with E-state index in [2.05, 4.69) is 15.6 Å². The Morgan fingerprint density at radius 2 is 1.92 bits per heavy atom. The van der Waals surface area contributed by atoms with Crippen LogP contribution in [0.15, 0.2) is 4.99 Å². The highest BCUT2D eigenvalue weighted by atomic mass is 127. The van der Waals surface area contributed by atoms with Crippen molar-refractivity contribution in [2.24, 2.45) is 10.4 Å². The molecule has 1 saturated heterocycles. The summed E-state index contributed by atoms with van der Waals surface area (Å²) < 4.78 is 5.24. The summed E-state index contributed by atoms with van der Waals surface area (Å²) in [5.74, 6) is 0.890. The average Bonchev–Trinajstić information content (AvgIpc) is 3.05. The van der Waals surface area contributed by atoms with Gasteiger partial charge >= 0.3 is 0 Å². The third-order valence-electron chi connectivity index (χ3n) is 5.06. The largest absolute Gasteiger partial charge is 0.385 e. The number of carbonyl (C=O) groups excluding carboxylic acids is 1. The van der Waals surface area contributed by atoms with Gasteiger partial charge in [-0.05, 0) is 44.4 Å². The van der Waals surface area contributed by atoms with Crippen molar-refractivity contribution in [1.82, 2.24) is 15.5 Å². The lowest BCUT2D eigenvalue weighted by Crippen LogP contribution is -2.47. The van der Waals surface area contributed by atoms with Gasteiger partial charge in [-0.15, -0.1) is 24.0 Å². The van der Waals surface area contributed by atoms with Crippen LogP contribution in [-0.2, 0) is 9.53 Å². The van der Waals surface area contributed by atoms with Crippen LogP contribution in [0, 0.1) is 5.41 Å². The quantitative estimate of drug-likeness (QED) is 0.336.